The van der Waals surface area contributed by atoms with Crippen LogP contribution in [0, 0.1) is 5.41 Å². The van der Waals surface area contributed by atoms with Crippen molar-refractivity contribution in [2.75, 3.05) is 32.0 Å². The molecule has 0 aliphatic carbocycles. The van der Waals surface area contributed by atoms with Crippen LogP contribution in [-0.2, 0) is 24.0 Å². The Kier molecular flexibility index (Phi) is 5.47. The molecule has 0 bridgehead atoms. The molecule has 0 saturated carbocycles. The van der Waals surface area contributed by atoms with Crippen molar-refractivity contribution >= 4 is 11.7 Å². The van der Waals surface area contributed by atoms with Gasteiger partial charge < -0.3 is 21.2 Å². The van der Waals surface area contributed by atoms with Gasteiger partial charge in [-0.1, -0.05) is 6.07 Å². The number of ether oxygens (including phenoxy) is 1. The van der Waals surface area contributed by atoms with Gasteiger partial charge in [0.05, 0.1) is 25.3 Å². The predicted octanol–water partition coefficient (Wildman–Crippen LogP) is 0.942. The van der Waals surface area contributed by atoms with Crippen molar-refractivity contribution in [1.82, 2.24) is 14.5 Å². The van der Waals surface area contributed by atoms with E-state index in [1.165, 1.54) is 0 Å². The summed E-state index contributed by atoms with van der Waals surface area (Å²) in [5.41, 5.74) is 10.5. The third-order valence-electron chi connectivity index (χ3n) is 4.52. The number of nitrogens with two attached hydrogens (primary N) is 2. The largest absolute Gasteiger partial charge is 0.416 e. The first kappa shape index (κ1) is 20.0. The standard InChI is InChI=1S/C17H21F3N6O2/c18-17(19,20)12-6-10(8-25-1-3-28-4-2-25)5-11(7-12)9-26-15(23)13(14(21)22)24-16(26)27/h5-7H,1-4,8-9,23H2,(H3,21,22)(H,24,27). The average Bonchev–Trinajstić information content (AvgIpc) is 2.90. The third kappa shape index (κ3) is 4.37. The van der Waals surface area contributed by atoms with E-state index in [0.29, 0.717) is 38.4 Å². The molecule has 6 N–H and O–H groups in total. The van der Waals surface area contributed by atoms with E-state index >= 15 is 0 Å². The zero-order valence-corrected chi connectivity index (χ0v) is 15.0. The molecule has 1 aromatic heterocycles. The second-order valence-electron chi connectivity index (χ2n) is 6.61. The molecule has 2 heterocycles. The number of nitrogens with zero attached hydrogens (tertiary/aromatic N) is 2. The van der Waals surface area contributed by atoms with Crippen LogP contribution >= 0.6 is 0 Å². The second-order valence-corrected chi connectivity index (χ2v) is 6.61. The summed E-state index contributed by atoms with van der Waals surface area (Å²) in [7, 11) is 0. The van der Waals surface area contributed by atoms with Crippen LogP contribution in [0.5, 0.6) is 0 Å². The van der Waals surface area contributed by atoms with Gasteiger partial charge in [-0.2, -0.15) is 13.2 Å². The van der Waals surface area contributed by atoms with Crippen molar-refractivity contribution in [2.24, 2.45) is 5.73 Å². The van der Waals surface area contributed by atoms with Gasteiger partial charge in [0, 0.05) is 19.6 Å². The summed E-state index contributed by atoms with van der Waals surface area (Å²) >= 11 is 0. The molecular formula is C17H21F3N6O2. The maximum Gasteiger partial charge on any atom is 0.416 e. The van der Waals surface area contributed by atoms with Crippen LogP contribution in [0.1, 0.15) is 22.4 Å². The number of aromatic nitrogens is 2. The van der Waals surface area contributed by atoms with E-state index < -0.39 is 23.3 Å². The van der Waals surface area contributed by atoms with Crippen molar-refractivity contribution in [2.45, 2.75) is 19.3 Å². The van der Waals surface area contributed by atoms with Crippen molar-refractivity contribution in [3.05, 3.63) is 51.1 Å². The molecule has 0 amide bonds. The summed E-state index contributed by atoms with van der Waals surface area (Å²) in [4.78, 5) is 16.4. The number of benzene rings is 1. The molecule has 0 radical (unpaired) electrons. The molecule has 152 valence electrons. The minimum Gasteiger partial charge on any atom is -0.383 e. The highest BCUT2D eigenvalue weighted by Gasteiger charge is 2.31. The average molecular weight is 398 g/mol. The normalized spacial score (nSPS) is 15.7. The van der Waals surface area contributed by atoms with Crippen LogP contribution in [0.25, 0.3) is 0 Å². The fourth-order valence-electron chi connectivity index (χ4n) is 3.15. The van der Waals surface area contributed by atoms with Crippen LogP contribution in [0.3, 0.4) is 0 Å². The molecule has 3 rings (SSSR count). The number of nitrogen functional groups attached to an aromatic ring is 2. The predicted molar refractivity (Wildman–Crippen MR) is 97.1 cm³/mol. The lowest BCUT2D eigenvalue weighted by Crippen LogP contribution is -2.35. The molecule has 1 saturated heterocycles. The van der Waals surface area contributed by atoms with E-state index in [1.54, 1.807) is 6.07 Å². The highest BCUT2D eigenvalue weighted by molar-refractivity contribution is 5.97. The van der Waals surface area contributed by atoms with Crippen molar-refractivity contribution in [3.63, 3.8) is 0 Å². The molecule has 0 unspecified atom stereocenters. The number of alkyl halides is 3. The number of halogens is 3. The number of nitrogens with one attached hydrogen (secondary N) is 2. The van der Waals surface area contributed by atoms with Crippen molar-refractivity contribution in [1.29, 1.82) is 5.41 Å². The monoisotopic (exact) mass is 398 g/mol. The number of rotatable bonds is 5. The highest BCUT2D eigenvalue weighted by atomic mass is 19.4. The van der Waals surface area contributed by atoms with Crippen molar-refractivity contribution < 1.29 is 17.9 Å². The molecule has 1 fully saturated rings. The zero-order valence-electron chi connectivity index (χ0n) is 15.0. The fourth-order valence-corrected chi connectivity index (χ4v) is 3.15. The van der Waals surface area contributed by atoms with E-state index in [0.717, 1.165) is 16.7 Å². The number of hydrogen-bond donors (Lipinski definition) is 4. The number of amidine groups is 1. The maximum atomic E-state index is 13.4. The number of aromatic amines is 1. The van der Waals surface area contributed by atoms with E-state index in [1.807, 2.05) is 4.90 Å². The molecule has 2 aromatic rings. The van der Waals surface area contributed by atoms with Crippen LogP contribution in [0.15, 0.2) is 23.0 Å². The Balaban J connectivity index is 1.95. The Morgan fingerprint density at radius 3 is 2.32 bits per heavy atom. The van der Waals surface area contributed by atoms with Gasteiger partial charge in [0.1, 0.15) is 17.3 Å². The number of anilines is 1. The smallest absolute Gasteiger partial charge is 0.383 e. The molecule has 0 spiro atoms. The minimum atomic E-state index is -4.52. The summed E-state index contributed by atoms with van der Waals surface area (Å²) < 4.78 is 46.4. The van der Waals surface area contributed by atoms with Crippen LogP contribution in [0.2, 0.25) is 0 Å². The summed E-state index contributed by atoms with van der Waals surface area (Å²) in [5.74, 6) is -0.518. The topological polar surface area (TPSA) is 126 Å². The first-order valence-corrected chi connectivity index (χ1v) is 8.58. The van der Waals surface area contributed by atoms with Gasteiger partial charge >= 0.3 is 11.9 Å². The number of morpholine rings is 1. The van der Waals surface area contributed by atoms with E-state index in [9.17, 15) is 18.0 Å². The highest BCUT2D eigenvalue weighted by Crippen LogP contribution is 2.31. The number of hydrogen-bond acceptors (Lipinski definition) is 5. The van der Waals surface area contributed by atoms with Gasteiger partial charge in [0.2, 0.25) is 0 Å². The first-order valence-electron chi connectivity index (χ1n) is 8.58. The minimum absolute atomic E-state index is 0.0504. The van der Waals surface area contributed by atoms with Crippen LogP contribution < -0.4 is 17.2 Å². The summed E-state index contributed by atoms with van der Waals surface area (Å²) in [6.07, 6.45) is -4.52. The lowest BCUT2D eigenvalue weighted by molar-refractivity contribution is -0.137. The lowest BCUT2D eigenvalue weighted by Gasteiger charge is -2.27. The number of imidazole rings is 1. The van der Waals surface area contributed by atoms with Crippen LogP contribution in [0.4, 0.5) is 19.0 Å². The van der Waals surface area contributed by atoms with Crippen LogP contribution in [-0.4, -0.2) is 46.6 Å². The van der Waals surface area contributed by atoms with Gasteiger partial charge in [0.15, 0.2) is 0 Å². The Labute approximate surface area is 158 Å². The fraction of sp³-hybridized carbons (Fsp3) is 0.412. The van der Waals surface area contributed by atoms with E-state index in [2.05, 4.69) is 4.98 Å². The molecule has 1 aliphatic heterocycles. The van der Waals surface area contributed by atoms with Gasteiger partial charge in [-0.3, -0.25) is 14.9 Å². The molecule has 11 heteroatoms. The molecule has 1 aliphatic rings. The third-order valence-corrected chi connectivity index (χ3v) is 4.52. The Morgan fingerprint density at radius 2 is 1.79 bits per heavy atom. The summed E-state index contributed by atoms with van der Waals surface area (Å²) in [5, 5.41) is 7.41. The molecule has 28 heavy (non-hydrogen) atoms. The zero-order chi connectivity index (χ0) is 20.5. The quantitative estimate of drug-likeness (QED) is 0.441. The summed E-state index contributed by atoms with van der Waals surface area (Å²) in [6, 6.07) is 3.73. The first-order chi connectivity index (χ1) is 13.1. The Hall–Kier alpha value is -2.79. The Morgan fingerprint density at radius 1 is 1.18 bits per heavy atom. The molecular weight excluding hydrogens is 377 g/mol. The second kappa shape index (κ2) is 7.68. The van der Waals surface area contributed by atoms with Gasteiger partial charge in [0.25, 0.3) is 0 Å². The summed E-state index contributed by atoms with van der Waals surface area (Å²) in [6.45, 7) is 2.52. The Bertz CT molecular complexity index is 928. The number of H-pyrrole nitrogens is 1. The molecule has 8 nitrogen and oxygen atoms in total. The molecule has 1 aromatic carbocycles. The van der Waals surface area contributed by atoms with Gasteiger partial charge in [-0.25, -0.2) is 4.79 Å². The van der Waals surface area contributed by atoms with Gasteiger partial charge in [-0.05, 0) is 23.3 Å². The van der Waals surface area contributed by atoms with E-state index in [-0.39, 0.29) is 23.6 Å². The molecule has 0 atom stereocenters. The van der Waals surface area contributed by atoms with Crippen molar-refractivity contribution in [3.8, 4) is 0 Å². The lowest BCUT2D eigenvalue weighted by atomic mass is 10.0. The SMILES string of the molecule is N=C(N)c1[nH]c(=O)n(Cc2cc(CN3CCOCC3)cc(C(F)(F)F)c2)c1N. The van der Waals surface area contributed by atoms with E-state index in [4.69, 9.17) is 21.6 Å². The maximum absolute atomic E-state index is 13.4. The van der Waals surface area contributed by atoms with Gasteiger partial charge in [-0.15, -0.1) is 0 Å².